The number of hydrogen-bond donors (Lipinski definition) is 0. The molecule has 0 spiro atoms. The number of aldehydes is 1. The Kier molecular flexibility index (Phi) is 2.17. The maximum absolute atomic E-state index is 12.5. The fourth-order valence-corrected chi connectivity index (χ4v) is 0.614. The lowest BCUT2D eigenvalue weighted by Gasteiger charge is -2.10. The van der Waals surface area contributed by atoms with Crippen molar-refractivity contribution in [2.45, 2.75) is 0 Å². The van der Waals surface area contributed by atoms with E-state index < -0.39 is 28.7 Å². The van der Waals surface area contributed by atoms with Gasteiger partial charge >= 0.3 is 0 Å². The molecule has 2 nitrogen and oxygen atoms in total. The smallest absolute Gasteiger partial charge is 0.184 e. The summed E-state index contributed by atoms with van der Waals surface area (Å²) < 4.78 is 37.4. The molecule has 0 N–H and O–H groups in total. The first-order valence-corrected chi connectivity index (χ1v) is 2.83. The lowest BCUT2D eigenvalue weighted by atomic mass is 9.97. The SMILES string of the molecule is [B-]c1c(F)nc(C=O)c(F)c1F. The molecule has 0 aliphatic rings. The Balaban J connectivity index is 3.49. The third-order valence-corrected chi connectivity index (χ3v) is 1.21. The summed E-state index contributed by atoms with van der Waals surface area (Å²) in [4.78, 5) is 12.7. The fourth-order valence-electron chi connectivity index (χ4n) is 0.614. The number of pyridine rings is 1. The third-order valence-electron chi connectivity index (χ3n) is 1.21. The van der Waals surface area contributed by atoms with Gasteiger partial charge in [-0.15, -0.1) is 0 Å². The Labute approximate surface area is 66.8 Å². The highest BCUT2D eigenvalue weighted by atomic mass is 19.2. The van der Waals surface area contributed by atoms with Crippen molar-refractivity contribution in [1.82, 2.24) is 4.98 Å². The lowest BCUT2D eigenvalue weighted by Crippen LogP contribution is -2.20. The second-order valence-electron chi connectivity index (χ2n) is 1.95. The monoisotopic (exact) mass is 171 g/mol. The minimum atomic E-state index is -1.59. The summed E-state index contributed by atoms with van der Waals surface area (Å²) in [5.74, 6) is -4.52. The van der Waals surface area contributed by atoms with E-state index in [-0.39, 0.29) is 6.29 Å². The van der Waals surface area contributed by atoms with Gasteiger partial charge in [0.05, 0.1) is 0 Å². The van der Waals surface area contributed by atoms with Crippen molar-refractivity contribution in [3.8, 4) is 0 Å². The normalized spacial score (nSPS) is 10.0. The summed E-state index contributed by atoms with van der Waals surface area (Å²) in [5.41, 5.74) is -1.96. The predicted octanol–water partition coefficient (Wildman–Crippen LogP) is 0.105. The average molecular weight is 171 g/mol. The highest BCUT2D eigenvalue weighted by Crippen LogP contribution is 2.05. The molecule has 61 valence electrons. The van der Waals surface area contributed by atoms with Gasteiger partial charge in [-0.3, -0.25) is 4.79 Å². The zero-order chi connectivity index (χ0) is 9.30. The Hall–Kier alpha value is -1.33. The van der Waals surface area contributed by atoms with Gasteiger partial charge in [0.2, 0.25) is 0 Å². The van der Waals surface area contributed by atoms with Crippen LogP contribution < -0.4 is 5.46 Å². The molecular weight excluding hydrogens is 170 g/mol. The molecule has 0 bridgehead atoms. The van der Waals surface area contributed by atoms with Crippen LogP contribution in [0.3, 0.4) is 0 Å². The Bertz CT molecular complexity index is 342. The first-order valence-electron chi connectivity index (χ1n) is 2.83. The number of aromatic nitrogens is 1. The van der Waals surface area contributed by atoms with Crippen LogP contribution in [0.1, 0.15) is 10.5 Å². The van der Waals surface area contributed by atoms with E-state index in [4.69, 9.17) is 7.85 Å². The predicted molar refractivity (Wildman–Crippen MR) is 34.9 cm³/mol. The van der Waals surface area contributed by atoms with Crippen LogP contribution in [0.15, 0.2) is 0 Å². The maximum Gasteiger partial charge on any atom is 0.184 e. The molecule has 0 unspecified atom stereocenters. The summed E-state index contributed by atoms with van der Waals surface area (Å²) in [6.45, 7) is 0. The first-order chi connectivity index (χ1) is 5.57. The van der Waals surface area contributed by atoms with Crippen molar-refractivity contribution in [3.05, 3.63) is 23.3 Å². The summed E-state index contributed by atoms with van der Waals surface area (Å²) >= 11 is 0. The van der Waals surface area contributed by atoms with Crippen molar-refractivity contribution in [1.29, 1.82) is 0 Å². The van der Waals surface area contributed by atoms with Gasteiger partial charge < -0.3 is 7.85 Å². The highest BCUT2D eigenvalue weighted by Gasteiger charge is 2.10. The van der Waals surface area contributed by atoms with Crippen molar-refractivity contribution >= 4 is 19.6 Å². The van der Waals surface area contributed by atoms with Gasteiger partial charge in [-0.2, -0.15) is 4.39 Å². The topological polar surface area (TPSA) is 30.0 Å². The number of carbonyl (C=O) groups is 1. The minimum absolute atomic E-state index is 0.0963. The van der Waals surface area contributed by atoms with Crippen molar-refractivity contribution in [3.63, 3.8) is 0 Å². The number of halogens is 3. The molecule has 0 fully saturated rings. The Morgan fingerprint density at radius 1 is 1.25 bits per heavy atom. The van der Waals surface area contributed by atoms with Gasteiger partial charge in [0.1, 0.15) is 11.5 Å². The quantitative estimate of drug-likeness (QED) is 0.340. The summed E-state index contributed by atoms with van der Waals surface area (Å²) in [5, 5.41) is 0. The molecule has 1 rings (SSSR count). The van der Waals surface area contributed by atoms with Gasteiger partial charge in [0.15, 0.2) is 18.1 Å². The van der Waals surface area contributed by atoms with E-state index in [1.807, 2.05) is 0 Å². The van der Waals surface area contributed by atoms with Gasteiger partial charge in [-0.05, 0) is 0 Å². The summed E-state index contributed by atoms with van der Waals surface area (Å²) in [7, 11) is 4.74. The van der Waals surface area contributed by atoms with E-state index in [1.165, 1.54) is 0 Å². The van der Waals surface area contributed by atoms with E-state index in [1.54, 1.807) is 0 Å². The molecule has 12 heavy (non-hydrogen) atoms. The van der Waals surface area contributed by atoms with E-state index in [2.05, 4.69) is 4.98 Å². The second-order valence-corrected chi connectivity index (χ2v) is 1.95. The van der Waals surface area contributed by atoms with Gasteiger partial charge in [-0.1, -0.05) is 0 Å². The zero-order valence-corrected chi connectivity index (χ0v) is 5.64. The largest absolute Gasteiger partial charge is 0.570 e. The van der Waals surface area contributed by atoms with Crippen LogP contribution in [-0.4, -0.2) is 19.1 Å². The van der Waals surface area contributed by atoms with Crippen molar-refractivity contribution < 1.29 is 18.0 Å². The van der Waals surface area contributed by atoms with Crippen LogP contribution in [0, 0.1) is 17.6 Å². The Morgan fingerprint density at radius 3 is 2.33 bits per heavy atom. The molecule has 0 atom stereocenters. The van der Waals surface area contributed by atoms with Crippen molar-refractivity contribution in [2.24, 2.45) is 0 Å². The van der Waals surface area contributed by atoms with E-state index in [0.29, 0.717) is 0 Å². The number of rotatable bonds is 1. The fraction of sp³-hybridized carbons (Fsp3) is 0. The molecule has 0 saturated carbocycles. The first kappa shape index (κ1) is 8.77. The highest BCUT2D eigenvalue weighted by molar-refractivity contribution is 6.32. The second kappa shape index (κ2) is 2.96. The minimum Gasteiger partial charge on any atom is -0.570 e. The van der Waals surface area contributed by atoms with Gasteiger partial charge in [0, 0.05) is 0 Å². The number of nitrogens with zero attached hydrogens (tertiary/aromatic N) is 1. The molecule has 1 heterocycles. The number of hydrogen-bond acceptors (Lipinski definition) is 2. The molecule has 1 aromatic rings. The van der Waals surface area contributed by atoms with E-state index >= 15 is 0 Å². The molecule has 3 radical (unpaired) electrons. The molecule has 1 aromatic heterocycles. The average Bonchev–Trinajstić information content (AvgIpc) is 2.08. The Morgan fingerprint density at radius 2 is 1.83 bits per heavy atom. The van der Waals surface area contributed by atoms with Crippen LogP contribution in [0.2, 0.25) is 0 Å². The van der Waals surface area contributed by atoms with E-state index in [0.717, 1.165) is 0 Å². The summed E-state index contributed by atoms with van der Waals surface area (Å²) in [6.07, 6.45) is -0.0963. The lowest BCUT2D eigenvalue weighted by molar-refractivity contribution is 0.111. The van der Waals surface area contributed by atoms with Crippen LogP contribution >= 0.6 is 0 Å². The van der Waals surface area contributed by atoms with Crippen molar-refractivity contribution in [2.75, 3.05) is 0 Å². The number of carbonyl (C=O) groups excluding carboxylic acids is 1. The molecule has 0 saturated heterocycles. The molecule has 0 amide bonds. The molecule has 0 aliphatic carbocycles. The molecule has 0 aliphatic heterocycles. The molecule has 6 heteroatoms. The molecule has 0 aromatic carbocycles. The third kappa shape index (κ3) is 1.20. The van der Waals surface area contributed by atoms with Crippen LogP contribution in [0.5, 0.6) is 0 Å². The van der Waals surface area contributed by atoms with Gasteiger partial charge in [-0.25, -0.2) is 19.2 Å². The van der Waals surface area contributed by atoms with E-state index in [9.17, 15) is 18.0 Å². The van der Waals surface area contributed by atoms with Crippen LogP contribution in [0.25, 0.3) is 0 Å². The van der Waals surface area contributed by atoms with Gasteiger partial charge in [0.25, 0.3) is 0 Å². The maximum atomic E-state index is 12.5. The summed E-state index contributed by atoms with van der Waals surface area (Å²) in [6, 6.07) is 0. The van der Waals surface area contributed by atoms with Crippen LogP contribution in [-0.2, 0) is 0 Å². The standard InChI is InChI=1S/C6HBF3NO/c7-3-5(9)4(8)2(1-12)11-6(3)10/h1H/q-1. The zero-order valence-electron chi connectivity index (χ0n) is 5.64. The molecular formula is C6HBF3NO-. The van der Waals surface area contributed by atoms with Crippen LogP contribution in [0.4, 0.5) is 13.2 Å².